The minimum Gasteiger partial charge on any atom is -0.497 e. The molecule has 2 aromatic rings. The molecular weight excluding hydrogens is 352 g/mol. The summed E-state index contributed by atoms with van der Waals surface area (Å²) in [7, 11) is -0.789. The number of carbonyl (C=O) groups excluding carboxylic acids is 1. The minimum atomic E-state index is -3.59. The van der Waals surface area contributed by atoms with E-state index in [2.05, 4.69) is 0 Å². The molecule has 0 aromatic heterocycles. The van der Waals surface area contributed by atoms with Crippen molar-refractivity contribution in [2.24, 2.45) is 5.92 Å². The highest BCUT2D eigenvalue weighted by atomic mass is 32.2. The second kappa shape index (κ2) is 9.38. The summed E-state index contributed by atoms with van der Waals surface area (Å²) in [6.07, 6.45) is 1.95. The number of ether oxygens (including phenoxy) is 2. The van der Waals surface area contributed by atoms with Gasteiger partial charge in [0.25, 0.3) is 0 Å². The first-order valence-electron chi connectivity index (χ1n) is 8.45. The molecule has 1 atom stereocenters. The van der Waals surface area contributed by atoms with Crippen LogP contribution in [0, 0.1) is 5.92 Å². The van der Waals surface area contributed by atoms with Crippen molar-refractivity contribution in [1.29, 1.82) is 0 Å². The van der Waals surface area contributed by atoms with Crippen LogP contribution in [0.2, 0.25) is 0 Å². The van der Waals surface area contributed by atoms with Gasteiger partial charge in [-0.05, 0) is 49.1 Å². The second-order valence-corrected chi connectivity index (χ2v) is 8.09. The predicted molar refractivity (Wildman–Crippen MR) is 99.9 cm³/mol. The smallest absolute Gasteiger partial charge is 0.309 e. The maximum atomic E-state index is 12.6. The van der Waals surface area contributed by atoms with E-state index in [0.29, 0.717) is 18.6 Å². The third kappa shape index (κ3) is 5.59. The fourth-order valence-electron chi connectivity index (χ4n) is 2.78. The van der Waals surface area contributed by atoms with Crippen molar-refractivity contribution in [3.63, 3.8) is 0 Å². The van der Waals surface area contributed by atoms with E-state index < -0.39 is 21.7 Å². The van der Waals surface area contributed by atoms with Crippen LogP contribution in [0.3, 0.4) is 0 Å². The van der Waals surface area contributed by atoms with E-state index in [0.717, 1.165) is 12.0 Å². The lowest BCUT2D eigenvalue weighted by Gasteiger charge is -2.15. The zero-order valence-corrected chi connectivity index (χ0v) is 15.9. The average Bonchev–Trinajstić information content (AvgIpc) is 2.67. The number of benzene rings is 2. The standard InChI is InChI=1S/C20H24O5S/c1-24-18-11-13-19(14-12-18)26(22,23)15-17(20(21)25-2)10-6-9-16-7-4-3-5-8-16/h3-5,7-8,11-14,17H,6,9-10,15H2,1-2H3. The van der Waals surface area contributed by atoms with E-state index in [1.54, 1.807) is 12.1 Å². The number of hydrogen-bond acceptors (Lipinski definition) is 5. The Bertz CT molecular complexity index is 798. The largest absolute Gasteiger partial charge is 0.497 e. The van der Waals surface area contributed by atoms with Gasteiger partial charge in [0.05, 0.1) is 30.8 Å². The van der Waals surface area contributed by atoms with Gasteiger partial charge in [0.1, 0.15) is 5.75 Å². The normalized spacial score (nSPS) is 12.4. The van der Waals surface area contributed by atoms with Crippen molar-refractivity contribution in [3.8, 4) is 5.75 Å². The summed E-state index contributed by atoms with van der Waals surface area (Å²) in [4.78, 5) is 12.2. The van der Waals surface area contributed by atoms with Crippen LogP contribution >= 0.6 is 0 Å². The van der Waals surface area contributed by atoms with Crippen LogP contribution in [0.15, 0.2) is 59.5 Å². The molecule has 0 N–H and O–H groups in total. The van der Waals surface area contributed by atoms with Crippen LogP contribution in [-0.4, -0.2) is 34.4 Å². The molecule has 2 rings (SSSR count). The molecule has 0 saturated heterocycles. The Morgan fingerprint density at radius 3 is 2.23 bits per heavy atom. The van der Waals surface area contributed by atoms with Crippen LogP contribution in [-0.2, 0) is 25.8 Å². The molecule has 0 aliphatic heterocycles. The Hall–Kier alpha value is -2.34. The molecule has 0 heterocycles. The third-order valence-electron chi connectivity index (χ3n) is 4.23. The highest BCUT2D eigenvalue weighted by Crippen LogP contribution is 2.21. The van der Waals surface area contributed by atoms with Gasteiger partial charge in [0.2, 0.25) is 0 Å². The molecule has 5 nitrogen and oxygen atoms in total. The Labute approximate surface area is 154 Å². The number of esters is 1. The maximum absolute atomic E-state index is 12.6. The molecule has 0 aliphatic carbocycles. The first-order valence-corrected chi connectivity index (χ1v) is 10.1. The first kappa shape index (κ1) is 20.0. The van der Waals surface area contributed by atoms with Gasteiger partial charge in [-0.2, -0.15) is 0 Å². The van der Waals surface area contributed by atoms with Crippen LogP contribution < -0.4 is 4.74 Å². The number of aryl methyl sites for hydroxylation is 1. The van der Waals surface area contributed by atoms with Crippen LogP contribution in [0.4, 0.5) is 0 Å². The molecular formula is C20H24O5S. The van der Waals surface area contributed by atoms with Gasteiger partial charge in [-0.1, -0.05) is 30.3 Å². The van der Waals surface area contributed by atoms with Gasteiger partial charge in [0, 0.05) is 0 Å². The van der Waals surface area contributed by atoms with E-state index in [1.165, 1.54) is 26.4 Å². The zero-order valence-electron chi connectivity index (χ0n) is 15.1. The summed E-state index contributed by atoms with van der Waals surface area (Å²) in [5.74, 6) is -0.858. The Morgan fingerprint density at radius 1 is 1.00 bits per heavy atom. The quantitative estimate of drug-likeness (QED) is 0.628. The summed E-state index contributed by atoms with van der Waals surface area (Å²) in [5.41, 5.74) is 1.16. The van der Waals surface area contributed by atoms with Crippen molar-refractivity contribution in [3.05, 3.63) is 60.2 Å². The molecule has 2 aromatic carbocycles. The van der Waals surface area contributed by atoms with Gasteiger partial charge in [0.15, 0.2) is 9.84 Å². The highest BCUT2D eigenvalue weighted by molar-refractivity contribution is 7.91. The predicted octanol–water partition coefficient (Wildman–Crippen LogP) is 3.28. The van der Waals surface area contributed by atoms with E-state index in [-0.39, 0.29) is 10.6 Å². The third-order valence-corrected chi connectivity index (χ3v) is 6.07. The topological polar surface area (TPSA) is 69.7 Å². The molecule has 6 heteroatoms. The SMILES string of the molecule is COC(=O)C(CCCc1ccccc1)CS(=O)(=O)c1ccc(OC)cc1. The van der Waals surface area contributed by atoms with Gasteiger partial charge < -0.3 is 9.47 Å². The number of rotatable bonds is 9. The lowest BCUT2D eigenvalue weighted by atomic mass is 10.0. The van der Waals surface area contributed by atoms with Crippen molar-refractivity contribution < 1.29 is 22.7 Å². The summed E-state index contributed by atoms with van der Waals surface area (Å²) in [6, 6.07) is 16.1. The van der Waals surface area contributed by atoms with Crippen molar-refractivity contribution in [2.45, 2.75) is 24.2 Å². The summed E-state index contributed by atoms with van der Waals surface area (Å²) in [5, 5.41) is 0. The second-order valence-electron chi connectivity index (χ2n) is 6.05. The van der Waals surface area contributed by atoms with Crippen LogP contribution in [0.25, 0.3) is 0 Å². The van der Waals surface area contributed by atoms with Crippen molar-refractivity contribution >= 4 is 15.8 Å². The molecule has 0 amide bonds. The number of methoxy groups -OCH3 is 2. The molecule has 0 fully saturated rings. The zero-order chi connectivity index (χ0) is 19.0. The number of carbonyl (C=O) groups is 1. The summed E-state index contributed by atoms with van der Waals surface area (Å²) < 4.78 is 35.1. The van der Waals surface area contributed by atoms with E-state index in [4.69, 9.17) is 9.47 Å². The Kier molecular flexibility index (Phi) is 7.21. The van der Waals surface area contributed by atoms with Crippen molar-refractivity contribution in [1.82, 2.24) is 0 Å². The molecule has 1 unspecified atom stereocenters. The monoisotopic (exact) mass is 376 g/mol. The highest BCUT2D eigenvalue weighted by Gasteiger charge is 2.27. The van der Waals surface area contributed by atoms with Crippen LogP contribution in [0.1, 0.15) is 18.4 Å². The minimum absolute atomic E-state index is 0.176. The van der Waals surface area contributed by atoms with Gasteiger partial charge >= 0.3 is 5.97 Å². The first-order chi connectivity index (χ1) is 12.5. The molecule has 0 saturated carbocycles. The fraction of sp³-hybridized carbons (Fsp3) is 0.350. The van der Waals surface area contributed by atoms with E-state index >= 15 is 0 Å². The molecule has 0 bridgehead atoms. The lowest BCUT2D eigenvalue weighted by molar-refractivity contribution is -0.144. The molecule has 0 radical (unpaired) electrons. The van der Waals surface area contributed by atoms with Gasteiger partial charge in [-0.25, -0.2) is 8.42 Å². The molecule has 0 aliphatic rings. The molecule has 140 valence electrons. The van der Waals surface area contributed by atoms with E-state index in [1.807, 2.05) is 30.3 Å². The lowest BCUT2D eigenvalue weighted by Crippen LogP contribution is -2.25. The fourth-order valence-corrected chi connectivity index (χ4v) is 4.35. The molecule has 26 heavy (non-hydrogen) atoms. The van der Waals surface area contributed by atoms with Gasteiger partial charge in [-0.15, -0.1) is 0 Å². The average molecular weight is 376 g/mol. The van der Waals surface area contributed by atoms with Gasteiger partial charge in [-0.3, -0.25) is 4.79 Å². The van der Waals surface area contributed by atoms with Crippen molar-refractivity contribution in [2.75, 3.05) is 20.0 Å². The number of hydrogen-bond donors (Lipinski definition) is 0. The maximum Gasteiger partial charge on any atom is 0.309 e. The number of sulfone groups is 1. The Morgan fingerprint density at radius 2 is 1.65 bits per heavy atom. The van der Waals surface area contributed by atoms with E-state index in [9.17, 15) is 13.2 Å². The molecule has 0 spiro atoms. The van der Waals surface area contributed by atoms with Crippen LogP contribution in [0.5, 0.6) is 5.75 Å². The Balaban J connectivity index is 2.04. The summed E-state index contributed by atoms with van der Waals surface area (Å²) >= 11 is 0. The summed E-state index contributed by atoms with van der Waals surface area (Å²) in [6.45, 7) is 0.